The predicted molar refractivity (Wildman–Crippen MR) is 129 cm³/mol. The fraction of sp³-hybridized carbons (Fsp3) is 0.200. The lowest BCUT2D eigenvalue weighted by Gasteiger charge is -2.33. The molecule has 1 aliphatic heterocycles. The van der Waals surface area contributed by atoms with Crippen LogP contribution < -0.4 is 0 Å². The number of benzene rings is 3. The summed E-state index contributed by atoms with van der Waals surface area (Å²) < 4.78 is 7.39. The van der Waals surface area contributed by atoms with Crippen LogP contribution in [0, 0.1) is 27.7 Å². The van der Waals surface area contributed by atoms with Gasteiger partial charge >= 0.3 is 11.9 Å². The highest BCUT2D eigenvalue weighted by molar-refractivity contribution is 9.10. The van der Waals surface area contributed by atoms with Gasteiger partial charge in [0.25, 0.3) is 0 Å². The molecule has 0 saturated heterocycles. The highest BCUT2D eigenvalue weighted by Gasteiger charge is 2.52. The highest BCUT2D eigenvalue weighted by atomic mass is 79.9. The molecule has 1 aliphatic rings. The minimum atomic E-state index is -1.77. The van der Waals surface area contributed by atoms with Gasteiger partial charge in [0.1, 0.15) is 11.5 Å². The lowest BCUT2D eigenvalue weighted by molar-refractivity contribution is 0.0238. The van der Waals surface area contributed by atoms with Gasteiger partial charge in [0.15, 0.2) is 5.60 Å². The number of esters is 1. The Morgan fingerprint density at radius 3 is 1.79 bits per heavy atom. The van der Waals surface area contributed by atoms with E-state index < -0.39 is 17.5 Å². The maximum Gasteiger partial charge on any atom is 0.340 e. The van der Waals surface area contributed by atoms with Crippen molar-refractivity contribution in [3.05, 3.63) is 89.3 Å². The number of aryl methyl sites for hydroxylation is 2. The van der Waals surface area contributed by atoms with E-state index in [0.29, 0.717) is 20.1 Å². The topological polar surface area (TPSA) is 104 Å². The van der Waals surface area contributed by atoms with Crippen molar-refractivity contribution in [1.82, 2.24) is 0 Å². The number of rotatable bonds is 3. The van der Waals surface area contributed by atoms with Gasteiger partial charge in [-0.05, 0) is 69.2 Å². The van der Waals surface area contributed by atoms with Crippen molar-refractivity contribution in [1.29, 1.82) is 0 Å². The van der Waals surface area contributed by atoms with Crippen LogP contribution in [0.5, 0.6) is 11.5 Å². The molecule has 0 aromatic heterocycles. The van der Waals surface area contributed by atoms with Crippen LogP contribution in [-0.2, 0) is 10.3 Å². The molecule has 4 rings (SSSR count). The molecule has 0 amide bonds. The van der Waals surface area contributed by atoms with Crippen LogP contribution in [0.15, 0.2) is 39.3 Å². The number of carbonyl (C=O) groups excluding carboxylic acids is 1. The Labute approximate surface area is 207 Å². The first-order valence-corrected chi connectivity index (χ1v) is 11.6. The third-order valence-corrected chi connectivity index (χ3v) is 8.60. The van der Waals surface area contributed by atoms with Gasteiger partial charge in [-0.15, -0.1) is 0 Å². The standard InChI is InChI=1S/C25H20Br2O6/c1-10-7-17(21(28)12(3)19(10)26)25(18-8-11(2)20(27)13(4)22(18)29)16-9-14(23(30)31)5-6-15(16)24(32)33-25/h5-9,28-29H,1-4H3,(H,30,31). The molecular formula is C25H20Br2O6. The Morgan fingerprint density at radius 2 is 1.33 bits per heavy atom. The Hall–Kier alpha value is -2.84. The Morgan fingerprint density at radius 1 is 0.848 bits per heavy atom. The van der Waals surface area contributed by atoms with E-state index in [9.17, 15) is 24.9 Å². The number of halogens is 2. The van der Waals surface area contributed by atoms with E-state index in [1.54, 1.807) is 26.0 Å². The van der Waals surface area contributed by atoms with Crippen molar-refractivity contribution in [2.75, 3.05) is 0 Å². The molecule has 0 spiro atoms. The first-order chi connectivity index (χ1) is 15.4. The first-order valence-electron chi connectivity index (χ1n) is 10.0. The SMILES string of the molecule is Cc1cc(C2(c3cc(C)c(Br)c(C)c3O)OC(=O)c3ccc(C(=O)O)cc32)c(O)c(C)c1Br. The summed E-state index contributed by atoms with van der Waals surface area (Å²) in [6, 6.07) is 7.44. The second kappa shape index (κ2) is 7.88. The lowest BCUT2D eigenvalue weighted by Crippen LogP contribution is -2.31. The average molecular weight is 576 g/mol. The van der Waals surface area contributed by atoms with Crippen LogP contribution in [-0.4, -0.2) is 27.3 Å². The molecule has 3 aromatic carbocycles. The number of aromatic hydroxyl groups is 2. The minimum absolute atomic E-state index is 0.0495. The Kier molecular flexibility index (Phi) is 5.57. The number of cyclic esters (lactones) is 1. The first kappa shape index (κ1) is 23.3. The molecule has 0 fully saturated rings. The largest absolute Gasteiger partial charge is 0.507 e. The normalized spacial score (nSPS) is 14.2. The van der Waals surface area contributed by atoms with Crippen molar-refractivity contribution in [3.63, 3.8) is 0 Å². The van der Waals surface area contributed by atoms with Gasteiger partial charge in [-0.1, -0.05) is 31.9 Å². The van der Waals surface area contributed by atoms with Gasteiger partial charge in [0.05, 0.1) is 11.1 Å². The number of carboxylic acids is 1. The number of carboxylic acid groups (broad SMARTS) is 1. The molecule has 3 aromatic rings. The van der Waals surface area contributed by atoms with Crippen molar-refractivity contribution in [2.45, 2.75) is 33.3 Å². The lowest BCUT2D eigenvalue weighted by atomic mass is 9.76. The van der Waals surface area contributed by atoms with Gasteiger partial charge in [0, 0.05) is 36.8 Å². The van der Waals surface area contributed by atoms with Gasteiger partial charge < -0.3 is 20.1 Å². The number of phenolic OH excluding ortho intramolecular Hbond substituents is 2. The summed E-state index contributed by atoms with van der Waals surface area (Å²) >= 11 is 6.93. The molecule has 0 aliphatic carbocycles. The number of ether oxygens (including phenoxy) is 1. The molecule has 8 heteroatoms. The summed E-state index contributed by atoms with van der Waals surface area (Å²) in [5, 5.41) is 32.1. The van der Waals surface area contributed by atoms with Crippen LogP contribution in [0.2, 0.25) is 0 Å². The van der Waals surface area contributed by atoms with Gasteiger partial charge in [-0.25, -0.2) is 9.59 Å². The maximum absolute atomic E-state index is 13.1. The minimum Gasteiger partial charge on any atom is -0.507 e. The molecular weight excluding hydrogens is 556 g/mol. The fourth-order valence-electron chi connectivity index (χ4n) is 4.38. The summed E-state index contributed by atoms with van der Waals surface area (Å²) in [5.41, 5.74) is 1.62. The van der Waals surface area contributed by atoms with Gasteiger partial charge in [-0.3, -0.25) is 0 Å². The number of phenols is 2. The maximum atomic E-state index is 13.1. The van der Waals surface area contributed by atoms with Crippen LogP contribution in [0.4, 0.5) is 0 Å². The van der Waals surface area contributed by atoms with Crippen LogP contribution in [0.1, 0.15) is 59.7 Å². The number of hydrogen-bond donors (Lipinski definition) is 3. The molecule has 0 bridgehead atoms. The Bertz CT molecular complexity index is 1310. The zero-order valence-electron chi connectivity index (χ0n) is 18.2. The van der Waals surface area contributed by atoms with Crippen molar-refractivity contribution >= 4 is 43.8 Å². The highest BCUT2D eigenvalue weighted by Crippen LogP contribution is 2.54. The summed E-state index contributed by atoms with van der Waals surface area (Å²) in [6.07, 6.45) is 0. The van der Waals surface area contributed by atoms with Crippen LogP contribution >= 0.6 is 31.9 Å². The van der Waals surface area contributed by atoms with Crippen molar-refractivity contribution in [2.24, 2.45) is 0 Å². The van der Waals surface area contributed by atoms with Crippen molar-refractivity contribution < 1.29 is 29.6 Å². The van der Waals surface area contributed by atoms with Crippen LogP contribution in [0.3, 0.4) is 0 Å². The monoisotopic (exact) mass is 574 g/mol. The molecule has 3 N–H and O–H groups in total. The molecule has 0 radical (unpaired) electrons. The van der Waals surface area contributed by atoms with E-state index in [1.165, 1.54) is 18.2 Å². The number of hydrogen-bond acceptors (Lipinski definition) is 5. The number of carbonyl (C=O) groups is 2. The third kappa shape index (κ3) is 3.27. The Balaban J connectivity index is 2.24. The molecule has 33 heavy (non-hydrogen) atoms. The third-order valence-electron chi connectivity index (χ3n) is 6.16. The summed E-state index contributed by atoms with van der Waals surface area (Å²) in [6.45, 7) is 7.09. The van der Waals surface area contributed by atoms with Crippen LogP contribution in [0.25, 0.3) is 0 Å². The molecule has 0 saturated carbocycles. The summed E-state index contributed by atoms with van der Waals surface area (Å²) in [7, 11) is 0. The van der Waals surface area contributed by atoms with E-state index in [2.05, 4.69) is 31.9 Å². The van der Waals surface area contributed by atoms with E-state index in [4.69, 9.17) is 4.74 Å². The second-order valence-electron chi connectivity index (χ2n) is 8.19. The fourth-order valence-corrected chi connectivity index (χ4v) is 4.98. The smallest absolute Gasteiger partial charge is 0.340 e. The van der Waals surface area contributed by atoms with E-state index in [0.717, 1.165) is 11.1 Å². The predicted octanol–water partition coefficient (Wildman–Crippen LogP) is 6.02. The number of fused-ring (bicyclic) bond motifs is 1. The van der Waals surface area contributed by atoms with Crippen molar-refractivity contribution in [3.8, 4) is 11.5 Å². The average Bonchev–Trinajstić information content (AvgIpc) is 3.08. The van der Waals surface area contributed by atoms with E-state index in [-0.39, 0.29) is 39.3 Å². The van der Waals surface area contributed by atoms with Gasteiger partial charge in [-0.2, -0.15) is 0 Å². The molecule has 6 nitrogen and oxygen atoms in total. The second-order valence-corrected chi connectivity index (χ2v) is 9.78. The zero-order valence-corrected chi connectivity index (χ0v) is 21.4. The van der Waals surface area contributed by atoms with E-state index >= 15 is 0 Å². The number of aromatic carboxylic acids is 1. The zero-order chi connectivity index (χ0) is 24.4. The van der Waals surface area contributed by atoms with Gasteiger partial charge in [0.2, 0.25) is 0 Å². The molecule has 0 unspecified atom stereocenters. The van der Waals surface area contributed by atoms with E-state index in [1.807, 2.05) is 13.8 Å². The quantitative estimate of drug-likeness (QED) is 0.330. The summed E-state index contributed by atoms with van der Waals surface area (Å²) in [5.74, 6) is -2.12. The molecule has 170 valence electrons. The summed E-state index contributed by atoms with van der Waals surface area (Å²) in [4.78, 5) is 24.8. The molecule has 0 atom stereocenters. The molecule has 1 heterocycles.